The molecule has 21 heavy (non-hydrogen) atoms. The van der Waals surface area contributed by atoms with Gasteiger partial charge in [0.2, 0.25) is 0 Å². The van der Waals surface area contributed by atoms with Crippen molar-refractivity contribution in [2.45, 2.75) is 57.1 Å². The summed E-state index contributed by atoms with van der Waals surface area (Å²) in [4.78, 5) is 2.10. The molecule has 1 saturated heterocycles. The van der Waals surface area contributed by atoms with E-state index in [0.717, 1.165) is 30.7 Å². The summed E-state index contributed by atoms with van der Waals surface area (Å²) in [6, 6.07) is 8.10. The molecule has 116 valence electrons. The molecule has 0 radical (unpaired) electrons. The van der Waals surface area contributed by atoms with Gasteiger partial charge in [0.1, 0.15) is 5.75 Å². The summed E-state index contributed by atoms with van der Waals surface area (Å²) in [5.41, 5.74) is 1.15. The third-order valence-corrected chi connectivity index (χ3v) is 4.50. The van der Waals surface area contributed by atoms with Crippen LogP contribution in [0.1, 0.15) is 44.1 Å². The number of alkyl halides is 2. The van der Waals surface area contributed by atoms with E-state index in [1.54, 1.807) is 0 Å². The van der Waals surface area contributed by atoms with Crippen molar-refractivity contribution in [1.82, 2.24) is 4.90 Å². The smallest absolute Gasteiger partial charge is 0.250 e. The summed E-state index contributed by atoms with van der Waals surface area (Å²) in [6.07, 6.45) is 5.11. The van der Waals surface area contributed by atoms with Crippen molar-refractivity contribution < 1.29 is 13.5 Å². The molecule has 0 spiro atoms. The Morgan fingerprint density at radius 3 is 2.57 bits per heavy atom. The first-order chi connectivity index (χ1) is 10.1. The van der Waals surface area contributed by atoms with E-state index in [4.69, 9.17) is 4.74 Å². The molecule has 1 aromatic carbocycles. The van der Waals surface area contributed by atoms with Crippen LogP contribution in [0.4, 0.5) is 8.78 Å². The molecule has 0 unspecified atom stereocenters. The van der Waals surface area contributed by atoms with Crippen molar-refractivity contribution in [2.75, 3.05) is 13.1 Å². The van der Waals surface area contributed by atoms with Crippen LogP contribution in [-0.4, -0.2) is 30.0 Å². The topological polar surface area (TPSA) is 12.5 Å². The van der Waals surface area contributed by atoms with Gasteiger partial charge in [-0.2, -0.15) is 0 Å². The fraction of sp³-hybridized carbons (Fsp3) is 0.647. The average Bonchev–Trinajstić information content (AvgIpc) is 2.95. The Kier molecular flexibility index (Phi) is 4.43. The van der Waals surface area contributed by atoms with Crippen molar-refractivity contribution in [2.24, 2.45) is 0 Å². The van der Waals surface area contributed by atoms with Crippen LogP contribution in [0.2, 0.25) is 0 Å². The number of ether oxygens (including phenoxy) is 1. The number of hydrogen-bond acceptors (Lipinski definition) is 2. The second-order valence-electron chi connectivity index (χ2n) is 6.30. The van der Waals surface area contributed by atoms with Gasteiger partial charge in [0.25, 0.3) is 5.92 Å². The lowest BCUT2D eigenvalue weighted by molar-refractivity contribution is -0.0566. The summed E-state index contributed by atoms with van der Waals surface area (Å²) in [6.45, 7) is 1.68. The zero-order valence-corrected chi connectivity index (χ0v) is 12.4. The number of piperidine rings is 1. The highest BCUT2D eigenvalue weighted by Gasteiger charge is 2.33. The highest BCUT2D eigenvalue weighted by Crippen LogP contribution is 2.29. The number of halogens is 2. The van der Waals surface area contributed by atoms with Crippen LogP contribution in [0, 0.1) is 0 Å². The van der Waals surface area contributed by atoms with E-state index in [1.807, 2.05) is 18.2 Å². The number of nitrogens with zero attached hydrogens (tertiary/aromatic N) is 1. The molecule has 1 aromatic rings. The van der Waals surface area contributed by atoms with Crippen LogP contribution >= 0.6 is 0 Å². The predicted octanol–water partition coefficient (Wildman–Crippen LogP) is 4.24. The Balaban J connectivity index is 1.56. The lowest BCUT2D eigenvalue weighted by Gasteiger charge is -2.31. The maximum atomic E-state index is 13.2. The average molecular weight is 295 g/mol. The molecule has 0 amide bonds. The molecular formula is C17H23F2NO. The highest BCUT2D eigenvalue weighted by molar-refractivity contribution is 5.28. The standard InChI is InChI=1S/C17H23F2NO/c18-17(19)8-10-20(11-9-17)13-14-4-3-7-16(12-14)21-15-5-1-2-6-15/h3-4,7,12,15H,1-2,5-6,8-11,13H2. The molecule has 1 aliphatic carbocycles. The van der Waals surface area contributed by atoms with E-state index < -0.39 is 5.92 Å². The van der Waals surface area contributed by atoms with Crippen molar-refractivity contribution in [1.29, 1.82) is 0 Å². The fourth-order valence-electron chi connectivity index (χ4n) is 3.21. The van der Waals surface area contributed by atoms with E-state index in [9.17, 15) is 8.78 Å². The summed E-state index contributed by atoms with van der Waals surface area (Å²) in [7, 11) is 0. The van der Waals surface area contributed by atoms with Crippen LogP contribution < -0.4 is 4.74 Å². The van der Waals surface area contributed by atoms with Crippen LogP contribution in [0.15, 0.2) is 24.3 Å². The highest BCUT2D eigenvalue weighted by atomic mass is 19.3. The minimum Gasteiger partial charge on any atom is -0.490 e. The van der Waals surface area contributed by atoms with Gasteiger partial charge in [-0.25, -0.2) is 8.78 Å². The van der Waals surface area contributed by atoms with Gasteiger partial charge < -0.3 is 4.74 Å². The first kappa shape index (κ1) is 14.8. The van der Waals surface area contributed by atoms with E-state index in [2.05, 4.69) is 11.0 Å². The van der Waals surface area contributed by atoms with Crippen LogP contribution in [0.3, 0.4) is 0 Å². The molecule has 0 N–H and O–H groups in total. The van der Waals surface area contributed by atoms with E-state index in [1.165, 1.54) is 12.8 Å². The molecule has 1 saturated carbocycles. The van der Waals surface area contributed by atoms with Crippen molar-refractivity contribution in [3.63, 3.8) is 0 Å². The zero-order chi connectivity index (χ0) is 14.7. The van der Waals surface area contributed by atoms with E-state index in [0.29, 0.717) is 19.2 Å². The van der Waals surface area contributed by atoms with Gasteiger partial charge in [0.05, 0.1) is 6.10 Å². The molecule has 0 atom stereocenters. The maximum absolute atomic E-state index is 13.2. The van der Waals surface area contributed by atoms with Gasteiger partial charge in [-0.05, 0) is 43.4 Å². The second-order valence-corrected chi connectivity index (χ2v) is 6.30. The summed E-state index contributed by atoms with van der Waals surface area (Å²) in [5.74, 6) is -1.55. The third-order valence-electron chi connectivity index (χ3n) is 4.50. The van der Waals surface area contributed by atoms with Gasteiger partial charge in [-0.3, -0.25) is 4.90 Å². The van der Waals surface area contributed by atoms with Crippen LogP contribution in [0.25, 0.3) is 0 Å². The minimum absolute atomic E-state index is 0.0226. The second kappa shape index (κ2) is 6.30. The number of benzene rings is 1. The first-order valence-corrected chi connectivity index (χ1v) is 7.96. The monoisotopic (exact) mass is 295 g/mol. The summed E-state index contributed by atoms with van der Waals surface area (Å²) < 4.78 is 32.3. The maximum Gasteiger partial charge on any atom is 0.250 e. The Morgan fingerprint density at radius 2 is 1.86 bits per heavy atom. The molecule has 1 heterocycles. The number of rotatable bonds is 4. The van der Waals surface area contributed by atoms with Gasteiger partial charge in [-0.1, -0.05) is 12.1 Å². The Bertz CT molecular complexity index is 462. The molecule has 0 aromatic heterocycles. The van der Waals surface area contributed by atoms with Crippen LogP contribution in [0.5, 0.6) is 5.75 Å². The summed E-state index contributed by atoms with van der Waals surface area (Å²) >= 11 is 0. The van der Waals surface area contributed by atoms with Crippen LogP contribution in [-0.2, 0) is 6.54 Å². The Labute approximate surface area is 125 Å². The third kappa shape index (κ3) is 4.16. The number of hydrogen-bond donors (Lipinski definition) is 0. The fourth-order valence-corrected chi connectivity index (χ4v) is 3.21. The Hall–Kier alpha value is -1.16. The van der Waals surface area contributed by atoms with E-state index in [-0.39, 0.29) is 12.8 Å². The molecule has 1 aliphatic heterocycles. The number of likely N-dealkylation sites (tertiary alicyclic amines) is 1. The van der Waals surface area contributed by atoms with Gasteiger partial charge in [0, 0.05) is 32.5 Å². The zero-order valence-electron chi connectivity index (χ0n) is 12.4. The molecule has 2 aliphatic rings. The Morgan fingerprint density at radius 1 is 1.14 bits per heavy atom. The summed E-state index contributed by atoms with van der Waals surface area (Å²) in [5, 5.41) is 0. The predicted molar refractivity (Wildman–Crippen MR) is 78.8 cm³/mol. The van der Waals surface area contributed by atoms with E-state index >= 15 is 0 Å². The molecule has 0 bridgehead atoms. The SMILES string of the molecule is FC1(F)CCN(Cc2cccc(OC3CCCC3)c2)CC1. The van der Waals surface area contributed by atoms with Gasteiger partial charge in [0.15, 0.2) is 0 Å². The molecule has 4 heteroatoms. The molecular weight excluding hydrogens is 272 g/mol. The van der Waals surface area contributed by atoms with Gasteiger partial charge in [-0.15, -0.1) is 0 Å². The lowest BCUT2D eigenvalue weighted by atomic mass is 10.1. The molecule has 3 rings (SSSR count). The normalized spacial score (nSPS) is 23.3. The first-order valence-electron chi connectivity index (χ1n) is 7.96. The van der Waals surface area contributed by atoms with Crippen molar-refractivity contribution in [3.8, 4) is 5.75 Å². The quantitative estimate of drug-likeness (QED) is 0.824. The molecule has 2 fully saturated rings. The van der Waals surface area contributed by atoms with Gasteiger partial charge >= 0.3 is 0 Å². The van der Waals surface area contributed by atoms with Crippen molar-refractivity contribution >= 4 is 0 Å². The largest absolute Gasteiger partial charge is 0.490 e. The van der Waals surface area contributed by atoms with Crippen molar-refractivity contribution in [3.05, 3.63) is 29.8 Å². The minimum atomic E-state index is -2.47. The molecule has 2 nitrogen and oxygen atoms in total. The lowest BCUT2D eigenvalue weighted by Crippen LogP contribution is -2.38.